The molecule has 0 aliphatic carbocycles. The lowest BCUT2D eigenvalue weighted by Crippen LogP contribution is -2.18. The highest BCUT2D eigenvalue weighted by atomic mass is 35.5. The first-order chi connectivity index (χ1) is 11.3. The third-order valence-electron chi connectivity index (χ3n) is 4.87. The topological polar surface area (TPSA) is 26.0 Å². The average Bonchev–Trinajstić information content (AvgIpc) is 2.60. The van der Waals surface area contributed by atoms with Crippen LogP contribution in [0.15, 0.2) is 30.3 Å². The maximum atomic E-state index is 6.19. The van der Waals surface area contributed by atoms with E-state index in [4.69, 9.17) is 17.3 Å². The van der Waals surface area contributed by atoms with Gasteiger partial charge in [0.05, 0.1) is 0 Å². The van der Waals surface area contributed by atoms with Gasteiger partial charge in [-0.15, -0.1) is 24.0 Å². The van der Waals surface area contributed by atoms with Crippen LogP contribution in [-0.2, 0) is 6.42 Å². The zero-order chi connectivity index (χ0) is 16.8. The molecule has 1 nitrogen and oxygen atoms in total. The Morgan fingerprint density at radius 2 is 1.50 bits per heavy atom. The summed E-state index contributed by atoms with van der Waals surface area (Å²) in [5.74, 6) is 2.07. The highest BCUT2D eigenvalue weighted by Crippen LogP contribution is 2.22. The second-order valence-corrected chi connectivity index (χ2v) is 7.25. The molecule has 140 valence electrons. The molecule has 0 aliphatic rings. The SMILES string of the molecule is CCCCCCCCC(CCl)CCC(CN)Cc1ccccc1.Cl. The molecule has 0 spiro atoms. The zero-order valence-electron chi connectivity index (χ0n) is 15.4. The van der Waals surface area contributed by atoms with Gasteiger partial charge in [0.2, 0.25) is 0 Å². The summed E-state index contributed by atoms with van der Waals surface area (Å²) in [5.41, 5.74) is 7.39. The highest BCUT2D eigenvalue weighted by molar-refractivity contribution is 6.18. The third kappa shape index (κ3) is 11.3. The van der Waals surface area contributed by atoms with Crippen molar-refractivity contribution in [3.05, 3.63) is 35.9 Å². The molecule has 2 N–H and O–H groups in total. The number of halogens is 2. The van der Waals surface area contributed by atoms with Crippen LogP contribution in [0.4, 0.5) is 0 Å². The van der Waals surface area contributed by atoms with E-state index in [9.17, 15) is 0 Å². The molecule has 24 heavy (non-hydrogen) atoms. The molecule has 0 heterocycles. The normalized spacial score (nSPS) is 13.3. The molecule has 1 aromatic carbocycles. The molecule has 0 amide bonds. The van der Waals surface area contributed by atoms with Gasteiger partial charge in [0, 0.05) is 5.88 Å². The summed E-state index contributed by atoms with van der Waals surface area (Å²) >= 11 is 6.19. The lowest BCUT2D eigenvalue weighted by atomic mass is 9.89. The minimum atomic E-state index is 0. The first-order valence-electron chi connectivity index (χ1n) is 9.60. The fourth-order valence-corrected chi connectivity index (χ4v) is 3.54. The summed E-state index contributed by atoms with van der Waals surface area (Å²) in [6.07, 6.45) is 13.0. The molecule has 0 radical (unpaired) electrons. The van der Waals surface area contributed by atoms with E-state index in [0.717, 1.165) is 18.8 Å². The summed E-state index contributed by atoms with van der Waals surface area (Å²) in [6.45, 7) is 3.05. The molecule has 2 atom stereocenters. The van der Waals surface area contributed by atoms with E-state index in [-0.39, 0.29) is 12.4 Å². The Balaban J connectivity index is 0.00000529. The van der Waals surface area contributed by atoms with Gasteiger partial charge in [-0.2, -0.15) is 0 Å². The van der Waals surface area contributed by atoms with Gasteiger partial charge in [-0.25, -0.2) is 0 Å². The van der Waals surface area contributed by atoms with Gasteiger partial charge in [0.15, 0.2) is 0 Å². The van der Waals surface area contributed by atoms with Crippen LogP contribution < -0.4 is 5.73 Å². The second kappa shape index (κ2) is 16.2. The highest BCUT2D eigenvalue weighted by Gasteiger charge is 2.13. The summed E-state index contributed by atoms with van der Waals surface area (Å²) < 4.78 is 0. The maximum Gasteiger partial charge on any atom is 0.0251 e. The van der Waals surface area contributed by atoms with E-state index in [1.54, 1.807) is 0 Å². The van der Waals surface area contributed by atoms with Gasteiger partial charge >= 0.3 is 0 Å². The molecule has 0 aliphatic heterocycles. The van der Waals surface area contributed by atoms with Crippen molar-refractivity contribution in [3.63, 3.8) is 0 Å². The van der Waals surface area contributed by atoms with Crippen LogP contribution >= 0.6 is 24.0 Å². The van der Waals surface area contributed by atoms with Crippen molar-refractivity contribution in [2.24, 2.45) is 17.6 Å². The molecular formula is C21H37Cl2N. The molecule has 0 saturated heterocycles. The molecule has 1 aromatic rings. The Morgan fingerprint density at radius 1 is 0.875 bits per heavy atom. The van der Waals surface area contributed by atoms with Crippen molar-refractivity contribution >= 4 is 24.0 Å². The van der Waals surface area contributed by atoms with Crippen LogP contribution in [0, 0.1) is 11.8 Å². The van der Waals surface area contributed by atoms with Crippen molar-refractivity contribution in [1.29, 1.82) is 0 Å². The zero-order valence-corrected chi connectivity index (χ0v) is 17.0. The Labute approximate surface area is 161 Å². The van der Waals surface area contributed by atoms with Gasteiger partial charge < -0.3 is 5.73 Å². The predicted molar refractivity (Wildman–Crippen MR) is 111 cm³/mol. The van der Waals surface area contributed by atoms with Crippen molar-refractivity contribution in [2.75, 3.05) is 12.4 Å². The molecule has 2 unspecified atom stereocenters. The molecule has 0 saturated carbocycles. The van der Waals surface area contributed by atoms with Crippen molar-refractivity contribution in [2.45, 2.75) is 71.1 Å². The van der Waals surface area contributed by atoms with Gasteiger partial charge in [0.25, 0.3) is 0 Å². The molecule has 0 aromatic heterocycles. The van der Waals surface area contributed by atoms with Crippen LogP contribution in [0.2, 0.25) is 0 Å². The van der Waals surface area contributed by atoms with E-state index in [1.165, 1.54) is 63.4 Å². The number of rotatable bonds is 14. The molecule has 1 rings (SSSR count). The number of benzene rings is 1. The first kappa shape index (κ1) is 23.8. The van der Waals surface area contributed by atoms with Gasteiger partial charge in [-0.05, 0) is 49.6 Å². The van der Waals surface area contributed by atoms with Crippen molar-refractivity contribution < 1.29 is 0 Å². The summed E-state index contributed by atoms with van der Waals surface area (Å²) in [4.78, 5) is 0. The van der Waals surface area contributed by atoms with E-state index < -0.39 is 0 Å². The van der Waals surface area contributed by atoms with Gasteiger partial charge in [-0.1, -0.05) is 75.8 Å². The monoisotopic (exact) mass is 373 g/mol. The van der Waals surface area contributed by atoms with Crippen LogP contribution in [0.1, 0.15) is 70.3 Å². The van der Waals surface area contributed by atoms with Gasteiger partial charge in [0.1, 0.15) is 0 Å². The smallest absolute Gasteiger partial charge is 0.0251 e. The predicted octanol–water partition coefficient (Wildman–Crippen LogP) is 6.61. The maximum absolute atomic E-state index is 6.19. The summed E-state index contributed by atoms with van der Waals surface area (Å²) in [6, 6.07) is 10.7. The number of hydrogen-bond acceptors (Lipinski definition) is 1. The van der Waals surface area contributed by atoms with E-state index in [2.05, 4.69) is 37.3 Å². The Bertz CT molecular complexity index is 369. The molecule has 3 heteroatoms. The van der Waals surface area contributed by atoms with E-state index >= 15 is 0 Å². The van der Waals surface area contributed by atoms with E-state index in [1.807, 2.05) is 0 Å². The Hall–Kier alpha value is -0.240. The number of hydrogen-bond donors (Lipinski definition) is 1. The second-order valence-electron chi connectivity index (χ2n) is 6.95. The summed E-state index contributed by atoms with van der Waals surface area (Å²) in [7, 11) is 0. The number of alkyl halides is 1. The van der Waals surface area contributed by atoms with Crippen LogP contribution in [0.3, 0.4) is 0 Å². The van der Waals surface area contributed by atoms with Crippen molar-refractivity contribution in [1.82, 2.24) is 0 Å². The van der Waals surface area contributed by atoms with Crippen LogP contribution in [-0.4, -0.2) is 12.4 Å². The Morgan fingerprint density at radius 3 is 2.12 bits per heavy atom. The number of unbranched alkanes of at least 4 members (excludes halogenated alkanes) is 5. The fraction of sp³-hybridized carbons (Fsp3) is 0.714. The lowest BCUT2D eigenvalue weighted by Gasteiger charge is -2.19. The molecule has 0 fully saturated rings. The Kier molecular flexibility index (Phi) is 16.1. The van der Waals surface area contributed by atoms with Crippen LogP contribution in [0.5, 0.6) is 0 Å². The lowest BCUT2D eigenvalue weighted by molar-refractivity contribution is 0.389. The quantitative estimate of drug-likeness (QED) is 0.288. The van der Waals surface area contributed by atoms with Crippen LogP contribution in [0.25, 0.3) is 0 Å². The van der Waals surface area contributed by atoms with Crippen molar-refractivity contribution in [3.8, 4) is 0 Å². The standard InChI is InChI=1S/C21H36ClN.ClH/c1-2-3-4-5-6-8-13-20(17-22)14-15-21(18-23)16-19-11-9-7-10-12-19;/h7,9-12,20-21H,2-6,8,13-18,23H2,1H3;1H. The minimum Gasteiger partial charge on any atom is -0.330 e. The fourth-order valence-electron chi connectivity index (χ4n) is 3.23. The van der Waals surface area contributed by atoms with E-state index in [0.29, 0.717) is 11.8 Å². The first-order valence-corrected chi connectivity index (χ1v) is 10.1. The average molecular weight is 374 g/mol. The number of nitrogens with two attached hydrogens (primary N) is 1. The third-order valence-corrected chi connectivity index (χ3v) is 5.30. The molecular weight excluding hydrogens is 337 g/mol. The van der Waals surface area contributed by atoms with Gasteiger partial charge in [-0.3, -0.25) is 0 Å². The summed E-state index contributed by atoms with van der Waals surface area (Å²) in [5, 5.41) is 0. The molecule has 0 bridgehead atoms. The minimum absolute atomic E-state index is 0. The largest absolute Gasteiger partial charge is 0.330 e.